The summed E-state index contributed by atoms with van der Waals surface area (Å²) in [7, 11) is 0. The average Bonchev–Trinajstić information content (AvgIpc) is 2.70. The van der Waals surface area contributed by atoms with Gasteiger partial charge in [0.1, 0.15) is 0 Å². The Balaban J connectivity index is 1.67. The van der Waals surface area contributed by atoms with Gasteiger partial charge in [-0.2, -0.15) is 0 Å². The summed E-state index contributed by atoms with van der Waals surface area (Å²) >= 11 is 0. The van der Waals surface area contributed by atoms with Crippen molar-refractivity contribution in [2.75, 3.05) is 49.1 Å². The number of anilines is 2. The highest BCUT2D eigenvalue weighted by atomic mass is 16.2. The second kappa shape index (κ2) is 8.01. The Morgan fingerprint density at radius 3 is 2.16 bits per heavy atom. The topological polar surface area (TPSA) is 39.7 Å². The molecule has 1 saturated heterocycles. The molecule has 0 bridgehead atoms. The van der Waals surface area contributed by atoms with Gasteiger partial charge in [-0.1, -0.05) is 18.2 Å². The number of carbonyl (C=O) groups is 1. The molecule has 1 aromatic carbocycles. The summed E-state index contributed by atoms with van der Waals surface area (Å²) in [6, 6.07) is 12.5. The van der Waals surface area contributed by atoms with E-state index in [1.807, 2.05) is 37.1 Å². The van der Waals surface area contributed by atoms with Crippen molar-refractivity contribution < 1.29 is 4.79 Å². The van der Waals surface area contributed by atoms with E-state index in [2.05, 4.69) is 39.0 Å². The van der Waals surface area contributed by atoms with Gasteiger partial charge >= 0.3 is 0 Å². The van der Waals surface area contributed by atoms with Gasteiger partial charge in [0.2, 0.25) is 0 Å². The molecule has 1 fully saturated rings. The number of rotatable bonds is 5. The summed E-state index contributed by atoms with van der Waals surface area (Å²) in [5.41, 5.74) is 2.98. The maximum absolute atomic E-state index is 12.5. The van der Waals surface area contributed by atoms with E-state index in [0.717, 1.165) is 45.0 Å². The fourth-order valence-corrected chi connectivity index (χ4v) is 3.27. The SMILES string of the molecule is CCN(CC)C(=O)c1cncc(N2CCN(c3ccccc3)CC2)c1. The Kier molecular flexibility index (Phi) is 5.53. The van der Waals surface area contributed by atoms with Crippen molar-refractivity contribution in [2.24, 2.45) is 0 Å². The van der Waals surface area contributed by atoms with Crippen LogP contribution in [0.3, 0.4) is 0 Å². The summed E-state index contributed by atoms with van der Waals surface area (Å²) < 4.78 is 0. The van der Waals surface area contributed by atoms with Crippen molar-refractivity contribution in [3.05, 3.63) is 54.4 Å². The van der Waals surface area contributed by atoms with E-state index >= 15 is 0 Å². The van der Waals surface area contributed by atoms with Gasteiger partial charge in [0.05, 0.1) is 17.4 Å². The normalized spacial score (nSPS) is 14.5. The Morgan fingerprint density at radius 2 is 1.56 bits per heavy atom. The van der Waals surface area contributed by atoms with Crippen LogP contribution in [0, 0.1) is 0 Å². The zero-order chi connectivity index (χ0) is 17.6. The molecule has 2 aromatic rings. The van der Waals surface area contributed by atoms with Crippen molar-refractivity contribution in [3.8, 4) is 0 Å². The van der Waals surface area contributed by atoms with Crippen LogP contribution < -0.4 is 9.80 Å². The molecule has 3 rings (SSSR count). The first-order valence-corrected chi connectivity index (χ1v) is 9.02. The number of hydrogen-bond acceptors (Lipinski definition) is 4. The van der Waals surface area contributed by atoms with Crippen LogP contribution in [0.2, 0.25) is 0 Å². The molecular formula is C20H26N4O. The molecule has 0 aliphatic carbocycles. The third kappa shape index (κ3) is 3.92. The highest BCUT2D eigenvalue weighted by Crippen LogP contribution is 2.21. The summed E-state index contributed by atoms with van der Waals surface area (Å²) in [5.74, 6) is 0.0577. The van der Waals surface area contributed by atoms with E-state index in [1.165, 1.54) is 5.69 Å². The minimum absolute atomic E-state index is 0.0577. The van der Waals surface area contributed by atoms with Gasteiger partial charge in [0.25, 0.3) is 5.91 Å². The highest BCUT2D eigenvalue weighted by molar-refractivity contribution is 5.94. The number of piperazine rings is 1. The number of nitrogens with zero attached hydrogens (tertiary/aromatic N) is 4. The fraction of sp³-hybridized carbons (Fsp3) is 0.400. The second-order valence-corrected chi connectivity index (χ2v) is 6.22. The Morgan fingerprint density at radius 1 is 0.960 bits per heavy atom. The maximum atomic E-state index is 12.5. The van der Waals surface area contributed by atoms with Crippen LogP contribution in [0.5, 0.6) is 0 Å². The molecular weight excluding hydrogens is 312 g/mol. The van der Waals surface area contributed by atoms with Crippen LogP contribution in [-0.4, -0.2) is 55.1 Å². The Hall–Kier alpha value is -2.56. The highest BCUT2D eigenvalue weighted by Gasteiger charge is 2.19. The van der Waals surface area contributed by atoms with Crippen LogP contribution in [0.1, 0.15) is 24.2 Å². The van der Waals surface area contributed by atoms with Gasteiger partial charge in [-0.05, 0) is 32.0 Å². The summed E-state index contributed by atoms with van der Waals surface area (Å²) in [6.07, 6.45) is 3.53. The molecule has 1 aromatic heterocycles. The smallest absolute Gasteiger partial charge is 0.255 e. The summed E-state index contributed by atoms with van der Waals surface area (Å²) in [4.78, 5) is 23.4. The van der Waals surface area contributed by atoms with Crippen molar-refractivity contribution in [1.29, 1.82) is 0 Å². The van der Waals surface area contributed by atoms with Crippen LogP contribution in [-0.2, 0) is 0 Å². The van der Waals surface area contributed by atoms with Gasteiger partial charge in [0, 0.05) is 51.2 Å². The number of para-hydroxylation sites is 1. The van der Waals surface area contributed by atoms with E-state index in [9.17, 15) is 4.79 Å². The molecule has 1 amide bonds. The lowest BCUT2D eigenvalue weighted by molar-refractivity contribution is 0.0772. The monoisotopic (exact) mass is 338 g/mol. The predicted octanol–water partition coefficient (Wildman–Crippen LogP) is 2.89. The van der Waals surface area contributed by atoms with Crippen molar-refractivity contribution in [1.82, 2.24) is 9.88 Å². The third-order valence-corrected chi connectivity index (χ3v) is 4.79. The first-order valence-electron chi connectivity index (χ1n) is 9.02. The number of amides is 1. The first kappa shape index (κ1) is 17.3. The van der Waals surface area contributed by atoms with E-state index in [4.69, 9.17) is 0 Å². The van der Waals surface area contributed by atoms with Crippen LogP contribution >= 0.6 is 0 Å². The minimum atomic E-state index is 0.0577. The molecule has 0 saturated carbocycles. The molecule has 1 aliphatic rings. The van der Waals surface area contributed by atoms with Gasteiger partial charge in [0.15, 0.2) is 0 Å². The minimum Gasteiger partial charge on any atom is -0.368 e. The third-order valence-electron chi connectivity index (χ3n) is 4.79. The van der Waals surface area contributed by atoms with E-state index in [-0.39, 0.29) is 5.91 Å². The zero-order valence-corrected chi connectivity index (χ0v) is 15.1. The molecule has 1 aliphatic heterocycles. The quantitative estimate of drug-likeness (QED) is 0.840. The number of hydrogen-bond donors (Lipinski definition) is 0. The Bertz CT molecular complexity index is 692. The number of benzene rings is 1. The van der Waals surface area contributed by atoms with Crippen molar-refractivity contribution >= 4 is 17.3 Å². The summed E-state index contributed by atoms with van der Waals surface area (Å²) in [5, 5.41) is 0. The van der Waals surface area contributed by atoms with Gasteiger partial charge < -0.3 is 14.7 Å². The second-order valence-electron chi connectivity index (χ2n) is 6.22. The molecule has 0 radical (unpaired) electrons. The molecule has 0 spiro atoms. The molecule has 5 heteroatoms. The van der Waals surface area contributed by atoms with Crippen molar-refractivity contribution in [3.63, 3.8) is 0 Å². The molecule has 2 heterocycles. The Labute approximate surface area is 149 Å². The lowest BCUT2D eigenvalue weighted by Gasteiger charge is -2.37. The largest absolute Gasteiger partial charge is 0.368 e. The van der Waals surface area contributed by atoms with Gasteiger partial charge in [-0.15, -0.1) is 0 Å². The van der Waals surface area contributed by atoms with Crippen LogP contribution in [0.25, 0.3) is 0 Å². The lowest BCUT2D eigenvalue weighted by Crippen LogP contribution is -2.46. The molecule has 0 unspecified atom stereocenters. The predicted molar refractivity (Wildman–Crippen MR) is 102 cm³/mol. The van der Waals surface area contributed by atoms with E-state index < -0.39 is 0 Å². The average molecular weight is 338 g/mol. The standard InChI is InChI=1S/C20H26N4O/c1-3-22(4-2)20(25)17-14-19(16-21-15-17)24-12-10-23(11-13-24)18-8-6-5-7-9-18/h5-9,14-16H,3-4,10-13H2,1-2H3. The molecule has 25 heavy (non-hydrogen) atoms. The van der Waals surface area contributed by atoms with Gasteiger partial charge in [-0.3, -0.25) is 9.78 Å². The van der Waals surface area contributed by atoms with Gasteiger partial charge in [-0.25, -0.2) is 0 Å². The summed E-state index contributed by atoms with van der Waals surface area (Å²) in [6.45, 7) is 9.24. The maximum Gasteiger partial charge on any atom is 0.255 e. The first-order chi connectivity index (χ1) is 12.2. The number of aromatic nitrogens is 1. The lowest BCUT2D eigenvalue weighted by atomic mass is 10.2. The molecule has 132 valence electrons. The van der Waals surface area contributed by atoms with E-state index in [1.54, 1.807) is 6.20 Å². The zero-order valence-electron chi connectivity index (χ0n) is 15.1. The number of pyridine rings is 1. The van der Waals surface area contributed by atoms with E-state index in [0.29, 0.717) is 5.56 Å². The molecule has 0 atom stereocenters. The van der Waals surface area contributed by atoms with Crippen molar-refractivity contribution in [2.45, 2.75) is 13.8 Å². The van der Waals surface area contributed by atoms with Crippen LogP contribution in [0.15, 0.2) is 48.8 Å². The fourth-order valence-electron chi connectivity index (χ4n) is 3.27. The number of carbonyl (C=O) groups excluding carboxylic acids is 1. The van der Waals surface area contributed by atoms with Crippen LogP contribution in [0.4, 0.5) is 11.4 Å². The molecule has 5 nitrogen and oxygen atoms in total. The molecule has 0 N–H and O–H groups in total.